The summed E-state index contributed by atoms with van der Waals surface area (Å²) in [6.07, 6.45) is -2.57. The number of nitrogens with zero attached hydrogens (tertiary/aromatic N) is 1. The maximum Gasteiger partial charge on any atom is 0.416 e. The molecular weight excluding hydrogens is 558 g/mol. The summed E-state index contributed by atoms with van der Waals surface area (Å²) >= 11 is 0. The van der Waals surface area contributed by atoms with Gasteiger partial charge in [0.05, 0.1) is 23.2 Å². The Hall–Kier alpha value is -2.77. The summed E-state index contributed by atoms with van der Waals surface area (Å²) in [6, 6.07) is 8.63. The molecule has 2 aliphatic heterocycles. The van der Waals surface area contributed by atoms with Crippen LogP contribution in [0.15, 0.2) is 42.5 Å². The number of rotatable bonds is 11. The van der Waals surface area contributed by atoms with Crippen molar-refractivity contribution >= 4 is 24.1 Å². The van der Waals surface area contributed by atoms with E-state index < -0.39 is 35.3 Å². The van der Waals surface area contributed by atoms with E-state index in [9.17, 15) is 22.8 Å². The number of Topliss-reactive ketones (excluding diaryl/α,β-unsaturated/α-hetero) is 1. The van der Waals surface area contributed by atoms with E-state index in [4.69, 9.17) is 21.9 Å². The van der Waals surface area contributed by atoms with Crippen LogP contribution in [-0.4, -0.2) is 67.3 Å². The first-order chi connectivity index (χ1) is 20.1. The molecule has 0 aliphatic carbocycles. The molecule has 12 heteroatoms. The fourth-order valence-corrected chi connectivity index (χ4v) is 6.21. The maximum absolute atomic E-state index is 13.6. The molecule has 1 fully saturated rings. The van der Waals surface area contributed by atoms with E-state index in [2.05, 4.69) is 10.2 Å². The van der Waals surface area contributed by atoms with Crippen LogP contribution in [0.3, 0.4) is 0 Å². The molecule has 4 rings (SSSR count). The minimum Gasteiger partial charge on any atom is -0.422 e. The molecule has 2 aromatic rings. The van der Waals surface area contributed by atoms with Crippen LogP contribution in [0.2, 0.25) is 6.82 Å². The van der Waals surface area contributed by atoms with Crippen molar-refractivity contribution < 1.29 is 27.4 Å². The van der Waals surface area contributed by atoms with Crippen LogP contribution >= 0.6 is 0 Å². The molecule has 1 amide bonds. The summed E-state index contributed by atoms with van der Waals surface area (Å²) in [6.45, 7) is 8.01. The number of benzene rings is 2. The molecule has 8 nitrogen and oxygen atoms in total. The first-order valence-corrected chi connectivity index (χ1v) is 14.9. The van der Waals surface area contributed by atoms with E-state index in [-0.39, 0.29) is 37.6 Å². The van der Waals surface area contributed by atoms with Crippen molar-refractivity contribution in [3.05, 3.63) is 64.7 Å². The van der Waals surface area contributed by atoms with Crippen LogP contribution in [0.25, 0.3) is 0 Å². The van der Waals surface area contributed by atoms with Crippen molar-refractivity contribution in [2.75, 3.05) is 19.6 Å². The molecule has 1 saturated heterocycles. The SMILES string of the molecule is CB1OC(C)(C)c2ccc(CC(=O)[C@@H](Cc3ccc(C(F)(F)F)cc3)NC(=O)[C@@H](N)CCCN3C[C@H](N)C[C@H](N)C3)cc21. The summed E-state index contributed by atoms with van der Waals surface area (Å²) < 4.78 is 45.3. The van der Waals surface area contributed by atoms with Crippen LogP contribution in [0, 0.1) is 0 Å². The highest BCUT2D eigenvalue weighted by molar-refractivity contribution is 6.67. The molecule has 0 spiro atoms. The Morgan fingerprint density at radius 2 is 1.72 bits per heavy atom. The molecule has 234 valence electrons. The maximum atomic E-state index is 13.6. The van der Waals surface area contributed by atoms with Crippen molar-refractivity contribution in [1.82, 2.24) is 10.2 Å². The third-order valence-corrected chi connectivity index (χ3v) is 8.40. The number of carbonyl (C=O) groups is 2. The van der Waals surface area contributed by atoms with Crippen LogP contribution in [0.5, 0.6) is 0 Å². The van der Waals surface area contributed by atoms with E-state index in [1.807, 2.05) is 38.9 Å². The quantitative estimate of drug-likeness (QED) is 0.290. The van der Waals surface area contributed by atoms with Gasteiger partial charge in [0.2, 0.25) is 5.91 Å². The first kappa shape index (κ1) is 33.1. The summed E-state index contributed by atoms with van der Waals surface area (Å²) in [5.41, 5.74) is 20.5. The minimum atomic E-state index is -4.47. The molecule has 0 aromatic heterocycles. The topological polar surface area (TPSA) is 137 Å². The number of likely N-dealkylation sites (tertiary alicyclic amines) is 1. The third kappa shape index (κ3) is 8.66. The largest absolute Gasteiger partial charge is 0.422 e. The van der Waals surface area contributed by atoms with Gasteiger partial charge in [-0.05, 0) is 80.4 Å². The molecule has 43 heavy (non-hydrogen) atoms. The average molecular weight is 602 g/mol. The normalized spacial score (nSPS) is 21.7. The van der Waals surface area contributed by atoms with Crippen molar-refractivity contribution in [3.8, 4) is 0 Å². The predicted molar refractivity (Wildman–Crippen MR) is 162 cm³/mol. The van der Waals surface area contributed by atoms with E-state index in [0.717, 1.165) is 48.2 Å². The van der Waals surface area contributed by atoms with Gasteiger partial charge in [0.1, 0.15) is 0 Å². The van der Waals surface area contributed by atoms with E-state index in [1.54, 1.807) is 0 Å². The van der Waals surface area contributed by atoms with E-state index >= 15 is 0 Å². The lowest BCUT2D eigenvalue weighted by molar-refractivity contribution is -0.137. The molecule has 2 aliphatic rings. The second-order valence-electron chi connectivity index (χ2n) is 12.6. The van der Waals surface area contributed by atoms with Crippen molar-refractivity contribution in [2.24, 2.45) is 17.2 Å². The van der Waals surface area contributed by atoms with Crippen molar-refractivity contribution in [1.29, 1.82) is 0 Å². The van der Waals surface area contributed by atoms with Gasteiger partial charge in [-0.2, -0.15) is 13.2 Å². The number of hydrogen-bond donors (Lipinski definition) is 4. The van der Waals surface area contributed by atoms with Gasteiger partial charge in [-0.25, -0.2) is 0 Å². The zero-order chi connectivity index (χ0) is 31.5. The van der Waals surface area contributed by atoms with Gasteiger partial charge in [-0.15, -0.1) is 0 Å². The fourth-order valence-electron chi connectivity index (χ4n) is 6.21. The minimum absolute atomic E-state index is 0.0191. The number of alkyl halides is 3. The third-order valence-electron chi connectivity index (χ3n) is 8.40. The van der Waals surface area contributed by atoms with Gasteiger partial charge in [-0.1, -0.05) is 37.2 Å². The van der Waals surface area contributed by atoms with Gasteiger partial charge in [0.15, 0.2) is 5.78 Å². The molecule has 0 radical (unpaired) electrons. The number of amides is 1. The van der Waals surface area contributed by atoms with Crippen LogP contribution in [0.1, 0.15) is 55.4 Å². The Kier molecular flexibility index (Phi) is 10.4. The molecule has 4 atom stereocenters. The fraction of sp³-hybridized carbons (Fsp3) is 0.548. The van der Waals surface area contributed by atoms with Crippen LogP contribution in [-0.2, 0) is 38.9 Å². The lowest BCUT2D eigenvalue weighted by Crippen LogP contribution is -2.52. The average Bonchev–Trinajstić information content (AvgIpc) is 3.14. The summed E-state index contributed by atoms with van der Waals surface area (Å²) in [5.74, 6) is -0.738. The van der Waals surface area contributed by atoms with Crippen LogP contribution in [0.4, 0.5) is 13.2 Å². The Morgan fingerprint density at radius 1 is 1.09 bits per heavy atom. The number of piperidine rings is 1. The summed E-state index contributed by atoms with van der Waals surface area (Å²) in [7, 11) is 0. The highest BCUT2D eigenvalue weighted by Gasteiger charge is 2.38. The second kappa shape index (κ2) is 13.5. The number of nitrogens with two attached hydrogens (primary N) is 3. The molecule has 2 heterocycles. The highest BCUT2D eigenvalue weighted by atomic mass is 19.4. The second-order valence-corrected chi connectivity index (χ2v) is 12.6. The van der Waals surface area contributed by atoms with Crippen molar-refractivity contribution in [2.45, 2.75) is 88.7 Å². The zero-order valence-corrected chi connectivity index (χ0v) is 25.1. The number of fused-ring (bicyclic) bond motifs is 1. The van der Waals surface area contributed by atoms with E-state index in [1.165, 1.54) is 12.1 Å². The molecule has 0 unspecified atom stereocenters. The smallest absolute Gasteiger partial charge is 0.416 e. The Balaban J connectivity index is 1.43. The van der Waals surface area contributed by atoms with Crippen molar-refractivity contribution in [3.63, 3.8) is 0 Å². The molecule has 2 aromatic carbocycles. The molecule has 0 bridgehead atoms. The van der Waals surface area contributed by atoms with Gasteiger partial charge in [-0.3, -0.25) is 9.59 Å². The lowest BCUT2D eigenvalue weighted by atomic mass is 9.63. The molecular formula is C31H43BF3N5O3. The summed E-state index contributed by atoms with van der Waals surface area (Å²) in [4.78, 5) is 28.9. The number of ketones is 1. The van der Waals surface area contributed by atoms with Gasteiger partial charge in [0.25, 0.3) is 0 Å². The molecule has 7 N–H and O–H groups in total. The number of hydrogen-bond acceptors (Lipinski definition) is 7. The Bertz CT molecular complexity index is 1280. The van der Waals surface area contributed by atoms with Gasteiger partial charge < -0.3 is 32.1 Å². The number of halogens is 3. The molecule has 0 saturated carbocycles. The van der Waals surface area contributed by atoms with Gasteiger partial charge in [0, 0.05) is 31.6 Å². The zero-order valence-electron chi connectivity index (χ0n) is 25.1. The number of carbonyl (C=O) groups excluding carboxylic acids is 2. The Morgan fingerprint density at radius 3 is 2.35 bits per heavy atom. The van der Waals surface area contributed by atoms with Crippen LogP contribution < -0.4 is 28.0 Å². The first-order valence-electron chi connectivity index (χ1n) is 14.9. The summed E-state index contributed by atoms with van der Waals surface area (Å²) in [5, 5.41) is 2.79. The number of nitrogens with one attached hydrogen (secondary N) is 1. The van der Waals surface area contributed by atoms with Gasteiger partial charge >= 0.3 is 13.1 Å². The predicted octanol–water partition coefficient (Wildman–Crippen LogP) is 2.11. The van der Waals surface area contributed by atoms with E-state index in [0.29, 0.717) is 24.9 Å². The monoisotopic (exact) mass is 601 g/mol. The highest BCUT2D eigenvalue weighted by Crippen LogP contribution is 2.31. The lowest BCUT2D eigenvalue weighted by Gasteiger charge is -2.34. The standard InChI is InChI=1S/C31H43BF3N5O3/c1-30(2)24-11-8-20(13-25(24)32(3)43-30)15-28(41)27(14-19-6-9-21(10-7-19)31(33,34)35)39-29(42)26(38)5-4-12-40-17-22(36)16-23(37)18-40/h6-11,13,22-23,26-27H,4-5,12,14-18,36-38H2,1-3H3,(H,39,42)/t22-,23+,26-,27+/m0/s1. The Labute approximate surface area is 252 Å².